The minimum Gasteiger partial charge on any atom is -0.504 e. The lowest BCUT2D eigenvalue weighted by Crippen LogP contribution is -3.14. The van der Waals surface area contributed by atoms with Crippen LogP contribution in [0.3, 0.4) is 0 Å². The van der Waals surface area contributed by atoms with Gasteiger partial charge in [0, 0.05) is 18.5 Å². The summed E-state index contributed by atoms with van der Waals surface area (Å²) >= 11 is 0. The number of rotatable bonds is 9. The molecule has 2 fully saturated rings. The van der Waals surface area contributed by atoms with Crippen LogP contribution < -0.4 is 14.4 Å². The van der Waals surface area contributed by atoms with Gasteiger partial charge in [0.15, 0.2) is 17.3 Å². The number of ketones is 2. The standard InChI is InChI=1S/C27H32N2O7/c1-17-15-19(6-8-21(17)34-2)25(31)23-24(18-5-7-20(30)22(16-18)35-3)29(27(33)26(23)32)10-4-9-28-11-13-36-14-12-28/h5-8,15-16,23-24,30H,4,9-14H2,1-3H3/p+1. The summed E-state index contributed by atoms with van der Waals surface area (Å²) in [6, 6.07) is 8.86. The third-order valence-corrected chi connectivity index (χ3v) is 7.04. The van der Waals surface area contributed by atoms with Gasteiger partial charge < -0.3 is 29.1 Å². The number of hydrogen-bond donors (Lipinski definition) is 2. The second kappa shape index (κ2) is 11.1. The molecule has 2 N–H and O–H groups in total. The molecule has 0 radical (unpaired) electrons. The monoisotopic (exact) mass is 497 g/mol. The topological polar surface area (TPSA) is 107 Å². The maximum Gasteiger partial charge on any atom is 0.291 e. The number of amides is 1. The van der Waals surface area contributed by atoms with Crippen LogP contribution in [0.4, 0.5) is 0 Å². The number of hydrogen-bond acceptors (Lipinski definition) is 7. The molecule has 0 aliphatic carbocycles. The first-order valence-corrected chi connectivity index (χ1v) is 12.2. The van der Waals surface area contributed by atoms with Crippen molar-refractivity contribution in [2.24, 2.45) is 5.92 Å². The molecule has 4 rings (SSSR count). The molecular weight excluding hydrogens is 464 g/mol. The number of phenols is 1. The Morgan fingerprint density at radius 1 is 1.08 bits per heavy atom. The van der Waals surface area contributed by atoms with E-state index in [1.54, 1.807) is 37.4 Å². The van der Waals surface area contributed by atoms with Gasteiger partial charge in [-0.05, 0) is 48.4 Å². The fourth-order valence-electron chi connectivity index (χ4n) is 5.10. The van der Waals surface area contributed by atoms with Gasteiger partial charge in [-0.25, -0.2) is 0 Å². The van der Waals surface area contributed by atoms with Crippen molar-refractivity contribution in [3.05, 3.63) is 53.1 Å². The highest BCUT2D eigenvalue weighted by atomic mass is 16.5. The van der Waals surface area contributed by atoms with Crippen molar-refractivity contribution in [2.45, 2.75) is 19.4 Å². The molecule has 0 aromatic heterocycles. The molecule has 2 heterocycles. The smallest absolute Gasteiger partial charge is 0.291 e. The number of carbonyl (C=O) groups excluding carboxylic acids is 3. The molecule has 0 saturated carbocycles. The first kappa shape index (κ1) is 25.7. The lowest BCUT2D eigenvalue weighted by molar-refractivity contribution is -0.908. The number of aromatic hydroxyl groups is 1. The molecule has 2 aliphatic rings. The van der Waals surface area contributed by atoms with Gasteiger partial charge in [-0.15, -0.1) is 0 Å². The third kappa shape index (κ3) is 5.08. The van der Waals surface area contributed by atoms with E-state index in [2.05, 4.69) is 0 Å². The van der Waals surface area contributed by atoms with Crippen molar-refractivity contribution in [3.63, 3.8) is 0 Å². The van der Waals surface area contributed by atoms with Crippen LogP contribution in [-0.4, -0.2) is 81.1 Å². The zero-order chi connectivity index (χ0) is 25.8. The molecule has 2 unspecified atom stereocenters. The van der Waals surface area contributed by atoms with Gasteiger partial charge in [-0.1, -0.05) is 6.07 Å². The highest BCUT2D eigenvalue weighted by molar-refractivity contribution is 6.44. The van der Waals surface area contributed by atoms with Crippen LogP contribution in [-0.2, 0) is 14.3 Å². The van der Waals surface area contributed by atoms with Crippen molar-refractivity contribution in [2.75, 3.05) is 53.6 Å². The van der Waals surface area contributed by atoms with E-state index in [9.17, 15) is 19.5 Å². The van der Waals surface area contributed by atoms with Gasteiger partial charge in [0.2, 0.25) is 5.78 Å². The summed E-state index contributed by atoms with van der Waals surface area (Å²) in [5.74, 6) is -2.21. The predicted molar refractivity (Wildman–Crippen MR) is 131 cm³/mol. The lowest BCUT2D eigenvalue weighted by atomic mass is 9.85. The average molecular weight is 498 g/mol. The zero-order valence-corrected chi connectivity index (χ0v) is 20.9. The number of likely N-dealkylation sites (tertiary alicyclic amines) is 1. The van der Waals surface area contributed by atoms with E-state index >= 15 is 0 Å². The van der Waals surface area contributed by atoms with Gasteiger partial charge >= 0.3 is 0 Å². The molecule has 2 atom stereocenters. The number of aryl methyl sites for hydroxylation is 1. The van der Waals surface area contributed by atoms with Crippen molar-refractivity contribution < 1.29 is 38.6 Å². The van der Waals surface area contributed by atoms with Crippen LogP contribution in [0.1, 0.15) is 33.9 Å². The second-order valence-corrected chi connectivity index (χ2v) is 9.23. The van der Waals surface area contributed by atoms with Crippen molar-refractivity contribution in [1.82, 2.24) is 4.90 Å². The molecule has 2 saturated heterocycles. The van der Waals surface area contributed by atoms with E-state index in [1.807, 2.05) is 6.92 Å². The fraction of sp³-hybridized carbons (Fsp3) is 0.444. The highest BCUT2D eigenvalue weighted by Gasteiger charge is 2.51. The summed E-state index contributed by atoms with van der Waals surface area (Å²) in [5, 5.41) is 10.1. The number of phenolic OH excluding ortho intramolecular Hbond substituents is 1. The normalized spacial score (nSPS) is 20.6. The number of quaternary nitrogens is 1. The van der Waals surface area contributed by atoms with Gasteiger partial charge in [0.05, 0.1) is 40.0 Å². The van der Waals surface area contributed by atoms with E-state index in [0.29, 0.717) is 43.1 Å². The van der Waals surface area contributed by atoms with Crippen LogP contribution in [0, 0.1) is 12.8 Å². The van der Waals surface area contributed by atoms with Crippen molar-refractivity contribution in [1.29, 1.82) is 0 Å². The molecule has 9 nitrogen and oxygen atoms in total. The first-order chi connectivity index (χ1) is 17.3. The van der Waals surface area contributed by atoms with Gasteiger partial charge in [0.25, 0.3) is 5.91 Å². The molecule has 1 amide bonds. The summed E-state index contributed by atoms with van der Waals surface area (Å²) in [7, 11) is 2.98. The third-order valence-electron chi connectivity index (χ3n) is 7.04. The molecule has 192 valence electrons. The van der Waals surface area contributed by atoms with Crippen LogP contribution in [0.15, 0.2) is 36.4 Å². The van der Waals surface area contributed by atoms with E-state index in [4.69, 9.17) is 14.2 Å². The maximum absolute atomic E-state index is 13.7. The summed E-state index contributed by atoms with van der Waals surface area (Å²) in [4.78, 5) is 43.1. The Kier molecular flexibility index (Phi) is 7.91. The van der Waals surface area contributed by atoms with Gasteiger partial charge in [-0.2, -0.15) is 0 Å². The predicted octanol–water partition coefficient (Wildman–Crippen LogP) is 0.975. The summed E-state index contributed by atoms with van der Waals surface area (Å²) in [5.41, 5.74) is 1.66. The van der Waals surface area contributed by atoms with Crippen molar-refractivity contribution in [3.8, 4) is 17.2 Å². The first-order valence-electron chi connectivity index (χ1n) is 12.2. The minimum atomic E-state index is -1.20. The Morgan fingerprint density at radius 3 is 2.47 bits per heavy atom. The van der Waals surface area contributed by atoms with Crippen LogP contribution in [0.5, 0.6) is 17.2 Å². The Hall–Kier alpha value is -3.43. The Labute approximate surface area is 210 Å². The summed E-state index contributed by atoms with van der Waals surface area (Å²) in [6.45, 7) is 6.23. The quantitative estimate of drug-likeness (QED) is 0.302. The molecule has 36 heavy (non-hydrogen) atoms. The van der Waals surface area contributed by atoms with Gasteiger partial charge in [-0.3, -0.25) is 14.4 Å². The van der Waals surface area contributed by atoms with E-state index < -0.39 is 29.4 Å². The number of methoxy groups -OCH3 is 2. The molecule has 2 aliphatic heterocycles. The van der Waals surface area contributed by atoms with Crippen LogP contribution >= 0.6 is 0 Å². The largest absolute Gasteiger partial charge is 0.504 e. The number of morpholine rings is 1. The lowest BCUT2D eigenvalue weighted by Gasteiger charge is -2.29. The second-order valence-electron chi connectivity index (χ2n) is 9.23. The number of nitrogens with zero attached hydrogens (tertiary/aromatic N) is 1. The van der Waals surface area contributed by atoms with E-state index in [1.165, 1.54) is 23.0 Å². The van der Waals surface area contributed by atoms with Crippen molar-refractivity contribution >= 4 is 17.5 Å². The SMILES string of the molecule is COc1ccc(C(=O)C2C(=O)C(=O)N(CCC[NH+]3CCOCC3)C2c2ccc(O)c(OC)c2)cc1C. The average Bonchev–Trinajstić information content (AvgIpc) is 3.14. The molecule has 2 aromatic rings. The number of nitrogens with one attached hydrogen (secondary N) is 1. The van der Waals surface area contributed by atoms with E-state index in [-0.39, 0.29) is 11.5 Å². The number of carbonyl (C=O) groups is 3. The Balaban J connectivity index is 1.66. The highest BCUT2D eigenvalue weighted by Crippen LogP contribution is 2.41. The van der Waals surface area contributed by atoms with Crippen LogP contribution in [0.25, 0.3) is 0 Å². The molecular formula is C27H33N2O7+. The molecule has 0 bridgehead atoms. The summed E-state index contributed by atoms with van der Waals surface area (Å²) < 4.78 is 16.0. The van der Waals surface area contributed by atoms with Crippen LogP contribution in [0.2, 0.25) is 0 Å². The Bertz CT molecular complexity index is 1140. The Morgan fingerprint density at radius 2 is 1.81 bits per heavy atom. The van der Waals surface area contributed by atoms with E-state index in [0.717, 1.165) is 25.2 Å². The minimum absolute atomic E-state index is 0.0620. The maximum atomic E-state index is 13.7. The molecule has 2 aromatic carbocycles. The zero-order valence-electron chi connectivity index (χ0n) is 20.9. The fourth-order valence-corrected chi connectivity index (χ4v) is 5.10. The van der Waals surface area contributed by atoms with Gasteiger partial charge in [0.1, 0.15) is 24.8 Å². The number of Topliss-reactive ketones (excluding diaryl/α,β-unsaturated/α-hetero) is 2. The number of benzene rings is 2. The number of ether oxygens (including phenoxy) is 3. The molecule has 0 spiro atoms. The summed E-state index contributed by atoms with van der Waals surface area (Å²) in [6.07, 6.45) is 0.683. The molecule has 9 heteroatoms.